The number of benzene rings is 2. The van der Waals surface area contributed by atoms with E-state index >= 15 is 0 Å². The molecule has 0 bridgehead atoms. The number of piperazine rings is 2. The third-order valence-electron chi connectivity index (χ3n) is 7.52. The summed E-state index contributed by atoms with van der Waals surface area (Å²) >= 11 is 6.08. The number of aryl methyl sites for hydroxylation is 2. The van der Waals surface area contributed by atoms with Crippen LogP contribution in [-0.2, 0) is 14.8 Å². The van der Waals surface area contributed by atoms with Gasteiger partial charge in [-0.15, -0.1) is 0 Å². The maximum absolute atomic E-state index is 13.8. The van der Waals surface area contributed by atoms with Crippen molar-refractivity contribution in [3.8, 4) is 0 Å². The molecule has 2 aromatic rings. The van der Waals surface area contributed by atoms with Crippen molar-refractivity contribution >= 4 is 33.2 Å². The standard InChI is InChI=1S/C28H39ClN4O3S/c1-4-5-6-12-30-17-18-33(37(35,36)25-9-7-8-24(29)20-25)21-27(30)28(34)32-15-13-31(14-16-32)26-19-22(2)10-11-23(26)3/h7-11,19-20,27H,4-6,12-18,21H2,1-3H3. The summed E-state index contributed by atoms with van der Waals surface area (Å²) in [5.41, 5.74) is 3.69. The van der Waals surface area contributed by atoms with Gasteiger partial charge in [0.05, 0.1) is 4.90 Å². The van der Waals surface area contributed by atoms with Gasteiger partial charge in [-0.2, -0.15) is 4.31 Å². The largest absolute Gasteiger partial charge is 0.368 e. The maximum atomic E-state index is 13.8. The minimum Gasteiger partial charge on any atom is -0.368 e. The van der Waals surface area contributed by atoms with E-state index in [2.05, 4.69) is 48.8 Å². The highest BCUT2D eigenvalue weighted by Crippen LogP contribution is 2.26. The van der Waals surface area contributed by atoms with Crippen molar-refractivity contribution in [2.24, 2.45) is 0 Å². The van der Waals surface area contributed by atoms with Crippen LogP contribution in [0.2, 0.25) is 5.02 Å². The van der Waals surface area contributed by atoms with Crippen molar-refractivity contribution in [1.29, 1.82) is 0 Å². The van der Waals surface area contributed by atoms with E-state index in [0.29, 0.717) is 31.2 Å². The number of unbranched alkanes of at least 4 members (excludes halogenated alkanes) is 2. The van der Waals surface area contributed by atoms with E-state index in [1.54, 1.807) is 18.2 Å². The van der Waals surface area contributed by atoms with Crippen LogP contribution in [0.3, 0.4) is 0 Å². The van der Waals surface area contributed by atoms with Gasteiger partial charge in [0.15, 0.2) is 0 Å². The Morgan fingerprint density at radius 3 is 2.43 bits per heavy atom. The molecule has 0 radical (unpaired) electrons. The van der Waals surface area contributed by atoms with Gasteiger partial charge in [0, 0.05) is 56.5 Å². The highest BCUT2D eigenvalue weighted by atomic mass is 35.5. The molecule has 0 spiro atoms. The second kappa shape index (κ2) is 12.2. The molecule has 1 unspecified atom stereocenters. The summed E-state index contributed by atoms with van der Waals surface area (Å²) < 4.78 is 28.3. The molecule has 1 atom stereocenters. The summed E-state index contributed by atoms with van der Waals surface area (Å²) in [7, 11) is -3.74. The SMILES string of the molecule is CCCCCN1CCN(S(=O)(=O)c2cccc(Cl)c2)CC1C(=O)N1CCN(c2cc(C)ccc2C)CC1. The van der Waals surface area contributed by atoms with Crippen molar-refractivity contribution in [3.05, 3.63) is 58.6 Å². The van der Waals surface area contributed by atoms with E-state index < -0.39 is 16.1 Å². The molecule has 2 aliphatic heterocycles. The summed E-state index contributed by atoms with van der Waals surface area (Å²) in [6, 6.07) is 12.4. The Balaban J connectivity index is 1.49. The second-order valence-corrected chi connectivity index (χ2v) is 12.6. The Morgan fingerprint density at radius 1 is 0.973 bits per heavy atom. The van der Waals surface area contributed by atoms with Gasteiger partial charge < -0.3 is 9.80 Å². The molecule has 0 aromatic heterocycles. The number of hydrogen-bond acceptors (Lipinski definition) is 5. The van der Waals surface area contributed by atoms with E-state index in [0.717, 1.165) is 38.9 Å². The van der Waals surface area contributed by atoms with Gasteiger partial charge in [-0.25, -0.2) is 8.42 Å². The molecule has 4 rings (SSSR count). The summed E-state index contributed by atoms with van der Waals surface area (Å²) in [5, 5.41) is 0.383. The van der Waals surface area contributed by atoms with Crippen LogP contribution in [0.4, 0.5) is 5.69 Å². The Labute approximate surface area is 227 Å². The zero-order valence-electron chi connectivity index (χ0n) is 22.2. The van der Waals surface area contributed by atoms with E-state index in [9.17, 15) is 13.2 Å². The third kappa shape index (κ3) is 6.48. The van der Waals surface area contributed by atoms with Crippen molar-refractivity contribution in [2.75, 3.05) is 57.3 Å². The van der Waals surface area contributed by atoms with Gasteiger partial charge in [0.2, 0.25) is 15.9 Å². The van der Waals surface area contributed by atoms with Gasteiger partial charge in [-0.05, 0) is 62.2 Å². The van der Waals surface area contributed by atoms with Crippen molar-refractivity contribution < 1.29 is 13.2 Å². The number of nitrogens with zero attached hydrogens (tertiary/aromatic N) is 4. The predicted octanol–water partition coefficient (Wildman–Crippen LogP) is 4.17. The smallest absolute Gasteiger partial charge is 0.243 e. The molecule has 37 heavy (non-hydrogen) atoms. The van der Waals surface area contributed by atoms with Gasteiger partial charge >= 0.3 is 0 Å². The molecule has 202 valence electrons. The average Bonchev–Trinajstić information content (AvgIpc) is 2.90. The van der Waals surface area contributed by atoms with Crippen LogP contribution in [0.1, 0.15) is 37.3 Å². The second-order valence-electron chi connectivity index (χ2n) is 10.2. The molecule has 0 aliphatic carbocycles. The first kappa shape index (κ1) is 27.9. The number of carbonyl (C=O) groups excluding carboxylic acids is 1. The summed E-state index contributed by atoms with van der Waals surface area (Å²) in [5.74, 6) is 0.0307. The van der Waals surface area contributed by atoms with E-state index in [4.69, 9.17) is 11.6 Å². The van der Waals surface area contributed by atoms with Crippen LogP contribution >= 0.6 is 11.6 Å². The molecule has 0 saturated carbocycles. The maximum Gasteiger partial charge on any atom is 0.243 e. The van der Waals surface area contributed by atoms with Crippen molar-refractivity contribution in [3.63, 3.8) is 0 Å². The fourth-order valence-electron chi connectivity index (χ4n) is 5.30. The van der Waals surface area contributed by atoms with Crippen LogP contribution in [0.5, 0.6) is 0 Å². The number of halogens is 1. The third-order valence-corrected chi connectivity index (χ3v) is 9.61. The molecule has 2 aromatic carbocycles. The number of sulfonamides is 1. The zero-order valence-corrected chi connectivity index (χ0v) is 23.8. The zero-order chi connectivity index (χ0) is 26.6. The summed E-state index contributed by atoms with van der Waals surface area (Å²) in [6.45, 7) is 11.1. The van der Waals surface area contributed by atoms with Crippen LogP contribution in [0.15, 0.2) is 47.4 Å². The van der Waals surface area contributed by atoms with E-state index in [1.165, 1.54) is 27.2 Å². The predicted molar refractivity (Wildman–Crippen MR) is 150 cm³/mol. The Bertz CT molecular complexity index is 1200. The van der Waals surface area contributed by atoms with Crippen LogP contribution in [-0.4, -0.2) is 86.8 Å². The average molecular weight is 547 g/mol. The lowest BCUT2D eigenvalue weighted by Crippen LogP contribution is -2.62. The van der Waals surface area contributed by atoms with Crippen LogP contribution in [0.25, 0.3) is 0 Å². The first-order valence-corrected chi connectivity index (χ1v) is 15.1. The quantitative estimate of drug-likeness (QED) is 0.465. The molecular formula is C28H39ClN4O3S. The first-order valence-electron chi connectivity index (χ1n) is 13.3. The summed E-state index contributed by atoms with van der Waals surface area (Å²) in [4.78, 5) is 20.5. The topological polar surface area (TPSA) is 64.2 Å². The lowest BCUT2D eigenvalue weighted by Gasteiger charge is -2.44. The minimum absolute atomic E-state index is 0.0307. The first-order chi connectivity index (χ1) is 17.7. The molecule has 0 N–H and O–H groups in total. The molecule has 2 heterocycles. The minimum atomic E-state index is -3.74. The highest BCUT2D eigenvalue weighted by molar-refractivity contribution is 7.89. The fourth-order valence-corrected chi connectivity index (χ4v) is 7.03. The number of carbonyl (C=O) groups is 1. The van der Waals surface area contributed by atoms with Gasteiger partial charge in [0.1, 0.15) is 6.04 Å². The van der Waals surface area contributed by atoms with Crippen molar-refractivity contribution in [2.45, 2.75) is 51.0 Å². The van der Waals surface area contributed by atoms with E-state index in [-0.39, 0.29) is 17.3 Å². The molecule has 7 nitrogen and oxygen atoms in total. The van der Waals surface area contributed by atoms with Crippen LogP contribution in [0, 0.1) is 13.8 Å². The van der Waals surface area contributed by atoms with Gasteiger partial charge in [0.25, 0.3) is 0 Å². The van der Waals surface area contributed by atoms with Crippen molar-refractivity contribution in [1.82, 2.24) is 14.1 Å². The number of anilines is 1. The molecule has 2 aliphatic rings. The Kier molecular flexibility index (Phi) is 9.16. The molecule has 9 heteroatoms. The molecular weight excluding hydrogens is 508 g/mol. The fraction of sp³-hybridized carbons (Fsp3) is 0.536. The number of hydrogen-bond donors (Lipinski definition) is 0. The molecule has 2 fully saturated rings. The lowest BCUT2D eigenvalue weighted by atomic mass is 10.1. The normalized spacial score (nSPS) is 19.8. The van der Waals surface area contributed by atoms with Crippen LogP contribution < -0.4 is 4.90 Å². The summed E-state index contributed by atoms with van der Waals surface area (Å²) in [6.07, 6.45) is 3.19. The van der Waals surface area contributed by atoms with Gasteiger partial charge in [-0.3, -0.25) is 9.69 Å². The van der Waals surface area contributed by atoms with Gasteiger partial charge in [-0.1, -0.05) is 49.6 Å². The molecule has 2 saturated heterocycles. The number of rotatable bonds is 8. The Morgan fingerprint density at radius 2 is 1.73 bits per heavy atom. The van der Waals surface area contributed by atoms with E-state index in [1.807, 2.05) is 4.90 Å². The highest BCUT2D eigenvalue weighted by Gasteiger charge is 2.39. The molecule has 1 amide bonds. The number of amides is 1. The Hall–Kier alpha value is -2.13. The monoisotopic (exact) mass is 546 g/mol. The lowest BCUT2D eigenvalue weighted by molar-refractivity contribution is -0.139.